The lowest BCUT2D eigenvalue weighted by molar-refractivity contribution is -0.138. The van der Waals surface area contributed by atoms with Gasteiger partial charge in [-0.05, 0) is 253 Å². The average molecular weight is 1650 g/mol. The van der Waals surface area contributed by atoms with Gasteiger partial charge in [-0.25, -0.2) is 9.97 Å². The molecule has 600 valence electrons. The Balaban J connectivity index is 0.000000178. The summed E-state index contributed by atoms with van der Waals surface area (Å²) in [5.74, 6) is 1.21. The maximum atomic E-state index is 13.6. The van der Waals surface area contributed by atoms with Gasteiger partial charge >= 0.3 is 12.4 Å². The van der Waals surface area contributed by atoms with E-state index in [1.165, 1.54) is 34.6 Å². The lowest BCUT2D eigenvalue weighted by atomic mass is 10.0. The molecule has 0 spiro atoms. The monoisotopic (exact) mass is 1640 g/mol. The summed E-state index contributed by atoms with van der Waals surface area (Å²) in [5, 5.41) is 2.54. The number of halogens is 6. The third kappa shape index (κ3) is 17.2. The van der Waals surface area contributed by atoms with Gasteiger partial charge in [-0.15, -0.1) is 0 Å². The highest BCUT2D eigenvalue weighted by Gasteiger charge is 2.33. The van der Waals surface area contributed by atoms with E-state index in [0.717, 1.165) is 137 Å². The molecule has 8 nitrogen and oxygen atoms in total. The van der Waals surface area contributed by atoms with Crippen LogP contribution in [0, 0.1) is 0 Å². The Hall–Kier alpha value is -14.3. The van der Waals surface area contributed by atoms with Gasteiger partial charge in [-0.1, -0.05) is 232 Å². The number of alkyl halides is 6. The second-order valence-corrected chi connectivity index (χ2v) is 42.0. The van der Waals surface area contributed by atoms with Gasteiger partial charge in [0.15, 0.2) is 0 Å². The number of hydrogen-bond donors (Lipinski definition) is 0. The Labute approximate surface area is 714 Å². The van der Waals surface area contributed by atoms with Crippen LogP contribution in [0.25, 0.3) is 78.5 Å². The van der Waals surface area contributed by atoms with Crippen molar-refractivity contribution in [3.63, 3.8) is 0 Å². The summed E-state index contributed by atoms with van der Waals surface area (Å²) < 4.78 is 120. The zero-order valence-electron chi connectivity index (χ0n) is 71.8. The highest BCUT2D eigenvalue weighted by Crippen LogP contribution is 2.44. The third-order valence-corrected chi connectivity index (χ3v) is 25.9. The van der Waals surface area contributed by atoms with Gasteiger partial charge in [0.25, 0.3) is 0 Å². The van der Waals surface area contributed by atoms with E-state index in [9.17, 15) is 26.3 Å². The molecule has 0 aliphatic heterocycles. The van der Waals surface area contributed by atoms with Crippen LogP contribution in [0.5, 0.6) is 0 Å². The summed E-state index contributed by atoms with van der Waals surface area (Å²) in [4.78, 5) is 18.3. The molecule has 2 heterocycles. The molecule has 16 aromatic carbocycles. The van der Waals surface area contributed by atoms with Crippen molar-refractivity contribution in [2.45, 2.75) is 51.6 Å². The van der Waals surface area contributed by atoms with Crippen molar-refractivity contribution in [2.75, 3.05) is 19.6 Å². The molecule has 0 bridgehead atoms. The van der Waals surface area contributed by atoms with E-state index in [2.05, 4.69) is 187 Å². The maximum Gasteiger partial charge on any atom is 0.416 e. The Bertz CT molecular complexity index is 6650. The van der Waals surface area contributed by atoms with E-state index in [1.54, 1.807) is 0 Å². The molecule has 0 atom stereocenters. The van der Waals surface area contributed by atoms with Crippen LogP contribution in [0.3, 0.4) is 0 Å². The molecular weight excluding hydrogens is 1560 g/mol. The number of anilines is 12. The van der Waals surface area contributed by atoms with Gasteiger partial charge in [0.05, 0.1) is 54.8 Å². The summed E-state index contributed by atoms with van der Waals surface area (Å²) in [6.45, 7) is 13.6. The van der Waals surface area contributed by atoms with Gasteiger partial charge in [-0.3, -0.25) is 9.13 Å². The highest BCUT2D eigenvalue weighted by molar-refractivity contribution is 6.89. The predicted octanol–water partition coefficient (Wildman–Crippen LogP) is 29.7. The molecule has 0 fully saturated rings. The van der Waals surface area contributed by atoms with Crippen molar-refractivity contribution in [3.8, 4) is 56.4 Å². The Morgan fingerprint density at radius 3 is 0.820 bits per heavy atom. The smallest absolute Gasteiger partial charge is 0.311 e. The number of benzene rings is 16. The van der Waals surface area contributed by atoms with Crippen molar-refractivity contribution >= 4 is 117 Å². The molecule has 2 aromatic heterocycles. The molecule has 16 heteroatoms. The first-order chi connectivity index (χ1) is 60.7. The largest absolute Gasteiger partial charge is 0.416 e. The number of hydrogen-bond acceptors (Lipinski definition) is 6. The maximum absolute atomic E-state index is 13.6. The number of fused-ring (bicyclic) bond motifs is 2. The molecule has 0 aliphatic rings. The van der Waals surface area contributed by atoms with E-state index in [4.69, 9.17) is 15.5 Å². The summed E-state index contributed by atoms with van der Waals surface area (Å²) in [5.41, 5.74) is 18.7. The van der Waals surface area contributed by atoms with E-state index >= 15 is 0 Å². The minimum atomic E-state index is -4.46. The SMILES string of the molecule is C[Si](C)(C)c1ccc(N(c2ccc(-c3nc4ccccc4n3-c3ccc(N(c4ccc(C(F)(F)F)cc4)c4ccc([Si](C)(C)C)cc4)cc3)cc2)c2ccc(C(F)(F)F)cc2)cc1.[2H]c1c([2H])c([2H])c2c(nc(-c3ccc(-c4ccc(N(c5ccccc5)c5ccccc5)cc4)cc3)n2-c2ccc(-c3ccc(N(c4ccccc4)c4ccccc4)cc3)cc2)c1[2H]. The van der Waals surface area contributed by atoms with E-state index in [0.29, 0.717) is 28.5 Å². The second-order valence-electron chi connectivity index (χ2n) is 31.9. The number of nitrogens with zero attached hydrogens (tertiary/aromatic N) is 8. The summed E-state index contributed by atoms with van der Waals surface area (Å²) in [7, 11) is -3.23. The van der Waals surface area contributed by atoms with Crippen LogP contribution in [-0.2, 0) is 12.4 Å². The zero-order chi connectivity index (χ0) is 87.8. The van der Waals surface area contributed by atoms with Crippen molar-refractivity contribution in [1.29, 1.82) is 0 Å². The van der Waals surface area contributed by atoms with Gasteiger partial charge in [-0.2, -0.15) is 26.3 Å². The number of para-hydroxylation sites is 8. The van der Waals surface area contributed by atoms with Gasteiger partial charge < -0.3 is 19.6 Å². The normalized spacial score (nSPS) is 12.2. The fraction of sp³-hybridized carbons (Fsp3) is 0.0755. The predicted molar refractivity (Wildman–Crippen MR) is 499 cm³/mol. The molecular formula is C106H86F6N8Si2. The highest BCUT2D eigenvalue weighted by atomic mass is 28.3. The van der Waals surface area contributed by atoms with Crippen molar-refractivity contribution in [3.05, 3.63) is 424 Å². The minimum absolute atomic E-state index is 0.137. The molecule has 0 amide bonds. The van der Waals surface area contributed by atoms with Crippen LogP contribution >= 0.6 is 0 Å². The summed E-state index contributed by atoms with van der Waals surface area (Å²) in [6.07, 6.45) is -8.92. The molecule has 0 N–H and O–H groups in total. The van der Waals surface area contributed by atoms with Crippen LogP contribution in [-0.4, -0.2) is 35.2 Å². The second kappa shape index (κ2) is 33.8. The van der Waals surface area contributed by atoms with E-state index in [-0.39, 0.29) is 29.7 Å². The average Bonchev–Trinajstić information content (AvgIpc) is 1.58. The molecule has 122 heavy (non-hydrogen) atoms. The number of imidazole rings is 2. The topological polar surface area (TPSA) is 48.6 Å². The Kier molecular flexibility index (Phi) is 20.8. The molecule has 0 unspecified atom stereocenters. The van der Waals surface area contributed by atoms with Crippen LogP contribution in [0.15, 0.2) is 412 Å². The fourth-order valence-corrected chi connectivity index (χ4v) is 17.7. The van der Waals surface area contributed by atoms with Crippen molar-refractivity contribution in [2.24, 2.45) is 0 Å². The number of rotatable bonds is 20. The summed E-state index contributed by atoms with van der Waals surface area (Å²) in [6, 6.07) is 124. The first kappa shape index (κ1) is 75.2. The summed E-state index contributed by atoms with van der Waals surface area (Å²) >= 11 is 0. The Morgan fingerprint density at radius 2 is 0.484 bits per heavy atom. The fourth-order valence-electron chi connectivity index (χ4n) is 15.4. The van der Waals surface area contributed by atoms with E-state index in [1.807, 2.05) is 221 Å². The molecule has 18 aromatic rings. The number of aromatic nitrogens is 4. The van der Waals surface area contributed by atoms with Gasteiger partial charge in [0.1, 0.15) is 11.6 Å². The van der Waals surface area contributed by atoms with Crippen LogP contribution in [0.1, 0.15) is 16.6 Å². The molecule has 0 aliphatic carbocycles. The van der Waals surface area contributed by atoms with Crippen molar-refractivity contribution < 1.29 is 31.8 Å². The lowest BCUT2D eigenvalue weighted by Crippen LogP contribution is -2.37. The quantitative estimate of drug-likeness (QED) is 0.0560. The zero-order valence-corrected chi connectivity index (χ0v) is 69.8. The lowest BCUT2D eigenvalue weighted by Gasteiger charge is -2.27. The minimum Gasteiger partial charge on any atom is -0.311 e. The molecule has 0 saturated carbocycles. The first-order valence-electron chi connectivity index (χ1n) is 42.2. The molecule has 18 rings (SSSR count). The van der Waals surface area contributed by atoms with Crippen LogP contribution in [0.2, 0.25) is 39.3 Å². The van der Waals surface area contributed by atoms with Crippen LogP contribution < -0.4 is 30.0 Å². The van der Waals surface area contributed by atoms with Gasteiger partial charge in [0, 0.05) is 90.8 Å². The van der Waals surface area contributed by atoms with E-state index < -0.39 is 39.6 Å². The third-order valence-electron chi connectivity index (χ3n) is 21.7. The van der Waals surface area contributed by atoms with Crippen molar-refractivity contribution in [1.82, 2.24) is 19.1 Å². The van der Waals surface area contributed by atoms with Gasteiger partial charge in [0.2, 0.25) is 0 Å². The standard InChI is InChI=1S/C55H40N4.C51H46F6N4Si2/c1-5-15-46(16-6-1)57(47-17-7-2-8-18-47)50-35-29-42(30-36-50)41-25-27-45(28-26-41)55-56-53-23-13-14-24-54(53)59(55)52-39-33-44(34-40-52)43-31-37-51(38-32-43)58(48-19-9-3-10-20-48)49-21-11-4-12-22-49;1-62(2,3)45-31-27-42(28-32-45)59(39-19-13-36(14-20-39)50(52,53)54)38-17-11-35(12-18-38)49-58-47-9-7-8-10-48(47)61(49)44-25-23-41(24-26-44)60(40-21-15-37(16-22-40)51(55,56)57)43-29-33-46(34-30-43)63(4,5)6/h1-40H;7-34H,1-6H3/i13D,14D,23D,24D;. The Morgan fingerprint density at radius 1 is 0.246 bits per heavy atom. The molecule has 0 saturated heterocycles. The molecule has 0 radical (unpaired) electrons. The first-order valence-corrected chi connectivity index (χ1v) is 47.2. The van der Waals surface area contributed by atoms with Crippen LogP contribution in [0.4, 0.5) is 94.6 Å².